The molecule has 0 fully saturated rings. The smallest absolute Gasteiger partial charge is 0.335 e. The maximum absolute atomic E-state index is 11.2. The van der Waals surface area contributed by atoms with E-state index in [-0.39, 0.29) is 11.5 Å². The van der Waals surface area contributed by atoms with Crippen LogP contribution in [0.15, 0.2) is 71.7 Å². The molecule has 0 amide bonds. The molecule has 1 N–H and O–H groups in total. The highest BCUT2D eigenvalue weighted by atomic mass is 35.5. The molecule has 3 rings (SSSR count). The van der Waals surface area contributed by atoms with E-state index < -0.39 is 5.97 Å². The van der Waals surface area contributed by atoms with Gasteiger partial charge >= 0.3 is 5.97 Å². The maximum Gasteiger partial charge on any atom is 0.335 e. The molecule has 0 aliphatic rings. The van der Waals surface area contributed by atoms with Gasteiger partial charge in [-0.15, -0.1) is 0 Å². The molecule has 160 valence electrons. The van der Waals surface area contributed by atoms with E-state index in [9.17, 15) is 4.79 Å². The third-order valence-corrected chi connectivity index (χ3v) is 5.60. The van der Waals surface area contributed by atoms with E-state index in [1.54, 1.807) is 19.2 Å². The van der Waals surface area contributed by atoms with Gasteiger partial charge in [0.1, 0.15) is 5.75 Å². The average molecular weight is 437 g/mol. The van der Waals surface area contributed by atoms with Crippen molar-refractivity contribution in [3.05, 3.63) is 88.4 Å². The Hall–Kier alpha value is -3.31. The van der Waals surface area contributed by atoms with Crippen LogP contribution in [-0.4, -0.2) is 31.4 Å². The van der Waals surface area contributed by atoms with Crippen LogP contribution in [0, 0.1) is 0 Å². The third kappa shape index (κ3) is 5.44. The lowest BCUT2D eigenvalue weighted by Gasteiger charge is -2.30. The Labute approximate surface area is 187 Å². The number of rotatable bonds is 9. The highest BCUT2D eigenvalue weighted by Gasteiger charge is 2.18. The summed E-state index contributed by atoms with van der Waals surface area (Å²) in [4.78, 5) is 17.6. The van der Waals surface area contributed by atoms with Crippen LogP contribution in [0.5, 0.6) is 5.75 Å². The minimum absolute atomic E-state index is 0.130. The van der Waals surface area contributed by atoms with Gasteiger partial charge in [-0.1, -0.05) is 48.9 Å². The molecule has 3 aromatic rings. The summed E-state index contributed by atoms with van der Waals surface area (Å²) in [5.74, 6) is -0.0919. The van der Waals surface area contributed by atoms with Gasteiger partial charge in [0.05, 0.1) is 24.0 Å². The normalized spacial score (nSPS) is 11.6. The monoisotopic (exact) mass is 436 g/mol. The molecule has 0 radical (unpaired) electrons. The molecular formula is C25H25ClN2O3. The van der Waals surface area contributed by atoms with Crippen molar-refractivity contribution in [1.82, 2.24) is 0 Å². The van der Waals surface area contributed by atoms with Crippen molar-refractivity contribution >= 4 is 35.7 Å². The van der Waals surface area contributed by atoms with E-state index in [1.165, 1.54) is 0 Å². The first-order valence-corrected chi connectivity index (χ1v) is 10.3. The Balaban J connectivity index is 1.95. The van der Waals surface area contributed by atoms with Gasteiger partial charge in [-0.05, 0) is 54.1 Å². The van der Waals surface area contributed by atoms with Crippen molar-refractivity contribution in [2.24, 2.45) is 4.99 Å². The third-order valence-electron chi connectivity index (χ3n) is 5.23. The second-order valence-corrected chi connectivity index (χ2v) is 7.72. The van der Waals surface area contributed by atoms with Crippen LogP contribution in [-0.2, 0) is 6.54 Å². The first-order chi connectivity index (χ1) is 14.9. The zero-order valence-electron chi connectivity index (χ0n) is 17.6. The van der Waals surface area contributed by atoms with Gasteiger partial charge in [0.25, 0.3) is 0 Å². The SMILES string of the molecule is C=Nc1cc(OC)ccc1N(Cc1ccccc1Cl)CC(C)c1ccc(C(=O)O)cc1. The summed E-state index contributed by atoms with van der Waals surface area (Å²) in [6.07, 6.45) is 0. The Morgan fingerprint density at radius 1 is 1.16 bits per heavy atom. The van der Waals surface area contributed by atoms with Crippen LogP contribution in [0.3, 0.4) is 0 Å². The van der Waals surface area contributed by atoms with Gasteiger partial charge in [0, 0.05) is 24.2 Å². The van der Waals surface area contributed by atoms with Crippen LogP contribution in [0.2, 0.25) is 5.02 Å². The summed E-state index contributed by atoms with van der Waals surface area (Å²) in [6, 6.07) is 20.5. The van der Waals surface area contributed by atoms with Crippen molar-refractivity contribution in [2.75, 3.05) is 18.6 Å². The molecule has 0 aromatic heterocycles. The van der Waals surface area contributed by atoms with E-state index in [4.69, 9.17) is 21.4 Å². The summed E-state index contributed by atoms with van der Waals surface area (Å²) in [5.41, 5.74) is 3.97. The van der Waals surface area contributed by atoms with Crippen LogP contribution in [0.1, 0.15) is 34.3 Å². The number of halogens is 1. The highest BCUT2D eigenvalue weighted by Crippen LogP contribution is 2.35. The Morgan fingerprint density at radius 3 is 2.48 bits per heavy atom. The summed E-state index contributed by atoms with van der Waals surface area (Å²) in [7, 11) is 1.62. The lowest BCUT2D eigenvalue weighted by Crippen LogP contribution is -2.27. The largest absolute Gasteiger partial charge is 0.497 e. The molecule has 0 aliphatic heterocycles. The molecule has 1 atom stereocenters. The van der Waals surface area contributed by atoms with Crippen LogP contribution >= 0.6 is 11.6 Å². The quantitative estimate of drug-likeness (QED) is 0.406. The molecule has 31 heavy (non-hydrogen) atoms. The van der Waals surface area contributed by atoms with Crippen LogP contribution in [0.4, 0.5) is 11.4 Å². The molecule has 1 unspecified atom stereocenters. The van der Waals surface area contributed by atoms with E-state index in [0.29, 0.717) is 23.9 Å². The summed E-state index contributed by atoms with van der Waals surface area (Å²) in [6.45, 7) is 7.10. The molecule has 0 heterocycles. The number of carboxylic acid groups (broad SMARTS) is 1. The van der Waals surface area contributed by atoms with E-state index in [2.05, 4.69) is 23.5 Å². The number of nitrogens with zero attached hydrogens (tertiary/aromatic N) is 2. The highest BCUT2D eigenvalue weighted by molar-refractivity contribution is 6.31. The topological polar surface area (TPSA) is 62.1 Å². The molecule has 5 nitrogen and oxygen atoms in total. The first kappa shape index (κ1) is 22.4. The Kier molecular flexibility index (Phi) is 7.32. The van der Waals surface area contributed by atoms with E-state index in [1.807, 2.05) is 54.6 Å². The average Bonchev–Trinajstić information content (AvgIpc) is 2.79. The van der Waals surface area contributed by atoms with Gasteiger partial charge in [0.15, 0.2) is 0 Å². The van der Waals surface area contributed by atoms with Crippen molar-refractivity contribution in [2.45, 2.75) is 19.4 Å². The molecule has 3 aromatic carbocycles. The molecule has 0 bridgehead atoms. The fraction of sp³-hybridized carbons (Fsp3) is 0.200. The molecule has 0 saturated carbocycles. The number of hydrogen-bond acceptors (Lipinski definition) is 4. The van der Waals surface area contributed by atoms with Crippen LogP contribution < -0.4 is 9.64 Å². The number of anilines is 1. The standard InChI is InChI=1S/C25H25ClN2O3/c1-17(18-8-10-19(11-9-18)25(29)30)15-28(16-20-6-4-5-7-22(20)26)24-13-12-21(31-3)14-23(24)27-2/h4-14,17H,2,15-16H2,1,3H3,(H,29,30). The lowest BCUT2D eigenvalue weighted by atomic mass is 9.98. The maximum atomic E-state index is 11.2. The molecular weight excluding hydrogens is 412 g/mol. The van der Waals surface area contributed by atoms with Gasteiger partial charge in [0.2, 0.25) is 0 Å². The number of carboxylic acids is 1. The summed E-state index contributed by atoms with van der Waals surface area (Å²) >= 11 is 6.44. The number of ether oxygens (including phenoxy) is 1. The van der Waals surface area contributed by atoms with Gasteiger partial charge in [-0.3, -0.25) is 4.99 Å². The lowest BCUT2D eigenvalue weighted by molar-refractivity contribution is 0.0697. The van der Waals surface area contributed by atoms with E-state index in [0.717, 1.165) is 22.5 Å². The number of carbonyl (C=O) groups is 1. The minimum Gasteiger partial charge on any atom is -0.497 e. The second-order valence-electron chi connectivity index (χ2n) is 7.31. The fourth-order valence-corrected chi connectivity index (χ4v) is 3.69. The number of aliphatic imine (C=N–C) groups is 1. The molecule has 6 heteroatoms. The number of hydrogen-bond donors (Lipinski definition) is 1. The van der Waals surface area contributed by atoms with Crippen LogP contribution in [0.25, 0.3) is 0 Å². The predicted octanol–water partition coefficient (Wildman–Crippen LogP) is 6.19. The molecule has 0 spiro atoms. The molecule has 0 saturated heterocycles. The molecule has 0 aliphatic carbocycles. The number of methoxy groups -OCH3 is 1. The van der Waals surface area contributed by atoms with Crippen molar-refractivity contribution in [1.29, 1.82) is 0 Å². The fourth-order valence-electron chi connectivity index (χ4n) is 3.49. The van der Waals surface area contributed by atoms with Crippen molar-refractivity contribution in [3.63, 3.8) is 0 Å². The minimum atomic E-state index is -0.931. The summed E-state index contributed by atoms with van der Waals surface area (Å²) in [5, 5.41) is 9.85. The van der Waals surface area contributed by atoms with Gasteiger partial charge in [-0.25, -0.2) is 4.79 Å². The predicted molar refractivity (Wildman–Crippen MR) is 127 cm³/mol. The zero-order valence-corrected chi connectivity index (χ0v) is 18.3. The van der Waals surface area contributed by atoms with Crippen molar-refractivity contribution < 1.29 is 14.6 Å². The van der Waals surface area contributed by atoms with E-state index >= 15 is 0 Å². The van der Waals surface area contributed by atoms with Gasteiger partial charge < -0.3 is 14.7 Å². The van der Waals surface area contributed by atoms with Gasteiger partial charge in [-0.2, -0.15) is 0 Å². The summed E-state index contributed by atoms with van der Waals surface area (Å²) < 4.78 is 5.33. The second kappa shape index (κ2) is 10.1. The number of aromatic carboxylic acids is 1. The zero-order chi connectivity index (χ0) is 22.4. The van der Waals surface area contributed by atoms with Crippen molar-refractivity contribution in [3.8, 4) is 5.75 Å². The first-order valence-electron chi connectivity index (χ1n) is 9.89. The number of benzene rings is 3. The Bertz CT molecular complexity index is 1070. The Morgan fingerprint density at radius 2 is 1.87 bits per heavy atom.